The molecule has 1 N–H and O–H groups in total. The topological polar surface area (TPSA) is 26.5 Å². The van der Waals surface area contributed by atoms with Crippen LogP contribution in [0.3, 0.4) is 0 Å². The number of fused-ring (bicyclic) bond motifs is 2. The zero-order chi connectivity index (χ0) is 13.2. The van der Waals surface area contributed by atoms with Crippen LogP contribution >= 0.6 is 0 Å². The molecule has 0 spiro atoms. The summed E-state index contributed by atoms with van der Waals surface area (Å²) in [4.78, 5) is 2.13. The molecule has 3 heteroatoms. The fraction of sp³-hybridized carbons (Fsp3) is 0.800. The van der Waals surface area contributed by atoms with E-state index in [4.69, 9.17) is 0 Å². The highest BCUT2D eigenvalue weighted by Gasteiger charge is 2.69. The molecule has 2 aliphatic carbocycles. The largest absolute Gasteiger partial charge is 0.379 e. The number of aliphatic hydroxyl groups is 1. The van der Waals surface area contributed by atoms with E-state index in [0.717, 1.165) is 19.5 Å². The Kier molecular flexibility index (Phi) is 2.30. The summed E-state index contributed by atoms with van der Waals surface area (Å²) >= 11 is 0. The standard InChI is InChI=1S/C15H25N2O/c1-13(2)12-5-6-14(13,3)15(18,9-12)10-17-8-7-16(4)11-17/h7-8,10,12,18H,5-6,9,11H2,1-4H3/q+1. The van der Waals surface area contributed by atoms with Crippen molar-refractivity contribution in [2.75, 3.05) is 13.7 Å². The molecule has 1 aliphatic heterocycles. The summed E-state index contributed by atoms with van der Waals surface area (Å²) in [5.41, 5.74) is -0.387. The van der Waals surface area contributed by atoms with Gasteiger partial charge in [0.15, 0.2) is 12.4 Å². The molecule has 18 heavy (non-hydrogen) atoms. The van der Waals surface area contributed by atoms with E-state index in [2.05, 4.69) is 55.9 Å². The van der Waals surface area contributed by atoms with Crippen LogP contribution in [0.25, 0.3) is 0 Å². The van der Waals surface area contributed by atoms with Crippen molar-refractivity contribution in [3.05, 3.63) is 12.4 Å². The molecule has 2 bridgehead atoms. The molecule has 1 heterocycles. The van der Waals surface area contributed by atoms with Crippen LogP contribution in [0.15, 0.2) is 12.4 Å². The van der Waals surface area contributed by atoms with Gasteiger partial charge in [-0.25, -0.2) is 0 Å². The van der Waals surface area contributed by atoms with Crippen molar-refractivity contribution in [3.8, 4) is 0 Å². The van der Waals surface area contributed by atoms with Gasteiger partial charge < -0.3 is 10.0 Å². The second-order valence-corrected chi connectivity index (χ2v) is 7.26. The summed E-state index contributed by atoms with van der Waals surface area (Å²) in [7, 11) is 2.06. The van der Waals surface area contributed by atoms with E-state index in [1.54, 1.807) is 0 Å². The second kappa shape index (κ2) is 3.38. The maximum atomic E-state index is 11.2. The normalized spacial score (nSPS) is 47.5. The first-order valence-corrected chi connectivity index (χ1v) is 7.01. The van der Waals surface area contributed by atoms with Crippen molar-refractivity contribution < 1.29 is 9.68 Å². The number of hydrogen-bond acceptors (Lipinski definition) is 2. The molecule has 0 aromatic heterocycles. The van der Waals surface area contributed by atoms with Gasteiger partial charge in [-0.05, 0) is 30.6 Å². The average Bonchev–Trinajstić information content (AvgIpc) is 2.80. The molecule has 0 radical (unpaired) electrons. The maximum Gasteiger partial charge on any atom is 0.223 e. The molecule has 3 aliphatic rings. The van der Waals surface area contributed by atoms with Gasteiger partial charge >= 0.3 is 0 Å². The molecule has 3 atom stereocenters. The van der Waals surface area contributed by atoms with Gasteiger partial charge in [0.2, 0.25) is 6.67 Å². The first-order valence-electron chi connectivity index (χ1n) is 7.01. The van der Waals surface area contributed by atoms with Crippen molar-refractivity contribution in [1.29, 1.82) is 0 Å². The van der Waals surface area contributed by atoms with Crippen molar-refractivity contribution >= 4 is 6.21 Å². The van der Waals surface area contributed by atoms with E-state index in [1.807, 2.05) is 0 Å². The molecule has 3 nitrogen and oxygen atoms in total. The van der Waals surface area contributed by atoms with Crippen LogP contribution in [0, 0.1) is 16.7 Å². The molecule has 2 saturated carbocycles. The third-order valence-corrected chi connectivity index (χ3v) is 6.23. The van der Waals surface area contributed by atoms with Crippen LogP contribution in [0.2, 0.25) is 0 Å². The fourth-order valence-electron chi connectivity index (χ4n) is 4.43. The number of nitrogens with zero attached hydrogens (tertiary/aromatic N) is 2. The SMILES string of the molecule is CN1C=C[N+](=CC2(O)CC3CCC2(C)C3(C)C)C1. The lowest BCUT2D eigenvalue weighted by Gasteiger charge is -2.41. The Bertz CT molecular complexity index is 440. The summed E-state index contributed by atoms with van der Waals surface area (Å²) in [5, 5.41) is 11.2. The quantitative estimate of drug-likeness (QED) is 0.720. The average molecular weight is 249 g/mol. The van der Waals surface area contributed by atoms with Crippen molar-refractivity contribution in [3.63, 3.8) is 0 Å². The lowest BCUT2D eigenvalue weighted by Crippen LogP contribution is -2.50. The van der Waals surface area contributed by atoms with Gasteiger partial charge in [0, 0.05) is 12.5 Å². The summed E-state index contributed by atoms with van der Waals surface area (Å²) < 4.78 is 2.13. The molecule has 100 valence electrons. The minimum atomic E-state index is -0.644. The summed E-state index contributed by atoms with van der Waals surface area (Å²) in [6.45, 7) is 7.80. The van der Waals surface area contributed by atoms with Gasteiger partial charge in [-0.15, -0.1) is 0 Å². The first-order chi connectivity index (χ1) is 8.28. The van der Waals surface area contributed by atoms with Gasteiger partial charge in [-0.3, -0.25) is 0 Å². The van der Waals surface area contributed by atoms with Crippen LogP contribution in [0.1, 0.15) is 40.0 Å². The van der Waals surface area contributed by atoms with Gasteiger partial charge in [-0.1, -0.05) is 20.8 Å². The third-order valence-electron chi connectivity index (χ3n) is 6.23. The molecule has 0 amide bonds. The van der Waals surface area contributed by atoms with Gasteiger partial charge in [0.05, 0.1) is 6.20 Å². The monoisotopic (exact) mass is 249 g/mol. The molecule has 0 aromatic rings. The molecule has 3 unspecified atom stereocenters. The van der Waals surface area contributed by atoms with Crippen molar-refractivity contribution in [2.45, 2.75) is 45.6 Å². The van der Waals surface area contributed by atoms with Crippen molar-refractivity contribution in [2.24, 2.45) is 16.7 Å². The molecular weight excluding hydrogens is 224 g/mol. The molecule has 0 saturated heterocycles. The van der Waals surface area contributed by atoms with E-state index in [0.29, 0.717) is 5.92 Å². The Morgan fingerprint density at radius 2 is 2.11 bits per heavy atom. The van der Waals surface area contributed by atoms with E-state index in [1.165, 1.54) is 6.42 Å². The zero-order valence-electron chi connectivity index (χ0n) is 12.0. The second-order valence-electron chi connectivity index (χ2n) is 7.26. The maximum absolute atomic E-state index is 11.2. The van der Waals surface area contributed by atoms with Gasteiger partial charge in [-0.2, -0.15) is 4.58 Å². The predicted molar refractivity (Wildman–Crippen MR) is 72.3 cm³/mol. The summed E-state index contributed by atoms with van der Waals surface area (Å²) in [6.07, 6.45) is 9.53. The molecule has 2 fully saturated rings. The van der Waals surface area contributed by atoms with Crippen LogP contribution in [-0.2, 0) is 0 Å². The Balaban J connectivity index is 1.96. The highest BCUT2D eigenvalue weighted by molar-refractivity contribution is 5.67. The Morgan fingerprint density at radius 3 is 2.56 bits per heavy atom. The van der Waals surface area contributed by atoms with E-state index >= 15 is 0 Å². The highest BCUT2D eigenvalue weighted by Crippen LogP contribution is 2.69. The van der Waals surface area contributed by atoms with Gasteiger partial charge in [0.1, 0.15) is 5.60 Å². The van der Waals surface area contributed by atoms with Crippen molar-refractivity contribution in [1.82, 2.24) is 4.90 Å². The smallest absolute Gasteiger partial charge is 0.223 e. The summed E-state index contributed by atoms with van der Waals surface area (Å²) in [5.74, 6) is 0.660. The molecular formula is C15H25N2O+. The summed E-state index contributed by atoms with van der Waals surface area (Å²) in [6, 6.07) is 0. The minimum Gasteiger partial charge on any atom is -0.379 e. The minimum absolute atomic E-state index is 0.0136. The Morgan fingerprint density at radius 1 is 1.39 bits per heavy atom. The molecule has 0 aromatic carbocycles. The number of rotatable bonds is 1. The van der Waals surface area contributed by atoms with Crippen LogP contribution in [0.5, 0.6) is 0 Å². The van der Waals surface area contributed by atoms with Gasteiger partial charge in [0.25, 0.3) is 0 Å². The predicted octanol–water partition coefficient (Wildman–Crippen LogP) is 2.02. The zero-order valence-corrected chi connectivity index (χ0v) is 12.0. The Labute approximate surface area is 110 Å². The third kappa shape index (κ3) is 1.31. The lowest BCUT2D eigenvalue weighted by atomic mass is 9.65. The fourth-order valence-corrected chi connectivity index (χ4v) is 4.43. The molecule has 3 rings (SSSR count). The number of hydrogen-bond donors (Lipinski definition) is 1. The van der Waals surface area contributed by atoms with E-state index in [-0.39, 0.29) is 10.8 Å². The first kappa shape index (κ1) is 12.2. The highest BCUT2D eigenvalue weighted by atomic mass is 16.3. The van der Waals surface area contributed by atoms with E-state index in [9.17, 15) is 5.11 Å². The Hall–Kier alpha value is -0.830. The van der Waals surface area contributed by atoms with Crippen LogP contribution in [0.4, 0.5) is 0 Å². The van der Waals surface area contributed by atoms with Crippen LogP contribution < -0.4 is 0 Å². The lowest BCUT2D eigenvalue weighted by molar-refractivity contribution is -0.463. The van der Waals surface area contributed by atoms with Crippen LogP contribution in [-0.4, -0.2) is 40.1 Å². The van der Waals surface area contributed by atoms with E-state index < -0.39 is 5.60 Å².